The van der Waals surface area contributed by atoms with Crippen molar-refractivity contribution in [1.29, 1.82) is 0 Å². The summed E-state index contributed by atoms with van der Waals surface area (Å²) in [4.78, 5) is 4.56. The third-order valence-electron chi connectivity index (χ3n) is 3.05. The summed E-state index contributed by atoms with van der Waals surface area (Å²) < 4.78 is 1.89. The van der Waals surface area contributed by atoms with E-state index >= 15 is 0 Å². The van der Waals surface area contributed by atoms with Crippen molar-refractivity contribution in [3.63, 3.8) is 0 Å². The maximum atomic E-state index is 6.20. The largest absolute Gasteiger partial charge is 0.397 e. The highest BCUT2D eigenvalue weighted by Crippen LogP contribution is 2.30. The highest BCUT2D eigenvalue weighted by Gasteiger charge is 2.09. The highest BCUT2D eigenvalue weighted by atomic mass is 35.5. The normalized spacial score (nSPS) is 11.1. The summed E-state index contributed by atoms with van der Waals surface area (Å²) in [6, 6.07) is 7.32. The molecule has 0 radical (unpaired) electrons. The van der Waals surface area contributed by atoms with Crippen molar-refractivity contribution in [2.24, 2.45) is 0 Å². The van der Waals surface area contributed by atoms with E-state index in [-0.39, 0.29) is 0 Å². The van der Waals surface area contributed by atoms with Gasteiger partial charge in [0.05, 0.1) is 16.4 Å². The van der Waals surface area contributed by atoms with E-state index in [0.717, 1.165) is 28.2 Å². The molecule has 3 nitrogen and oxygen atoms in total. The smallest absolute Gasteiger partial charge is 0.137 e. The maximum Gasteiger partial charge on any atom is 0.137 e. The van der Waals surface area contributed by atoms with E-state index in [0.29, 0.717) is 10.0 Å². The summed E-state index contributed by atoms with van der Waals surface area (Å²) >= 11 is 12.1. The summed E-state index contributed by atoms with van der Waals surface area (Å²) in [6.45, 7) is 1.96. The molecule has 0 saturated heterocycles. The SMILES string of the molecule is Cc1cc2nc(-c3ccc(Cl)cc3Cl)cn2cc1N. The fourth-order valence-electron chi connectivity index (χ4n) is 1.97. The average Bonchev–Trinajstić information content (AvgIpc) is 2.72. The summed E-state index contributed by atoms with van der Waals surface area (Å²) in [6.07, 6.45) is 3.76. The van der Waals surface area contributed by atoms with Crippen LogP contribution in [0.1, 0.15) is 5.56 Å². The number of fused-ring (bicyclic) bond motifs is 1. The zero-order valence-electron chi connectivity index (χ0n) is 10.2. The van der Waals surface area contributed by atoms with Gasteiger partial charge in [-0.05, 0) is 36.8 Å². The molecule has 5 heteroatoms. The van der Waals surface area contributed by atoms with Crippen LogP contribution < -0.4 is 5.73 Å². The van der Waals surface area contributed by atoms with Gasteiger partial charge in [0.25, 0.3) is 0 Å². The van der Waals surface area contributed by atoms with Crippen LogP contribution in [-0.4, -0.2) is 9.38 Å². The number of halogens is 2. The lowest BCUT2D eigenvalue weighted by Crippen LogP contribution is -1.93. The number of nitrogens with zero attached hydrogens (tertiary/aromatic N) is 2. The Kier molecular flexibility index (Phi) is 2.88. The third-order valence-corrected chi connectivity index (χ3v) is 3.59. The monoisotopic (exact) mass is 291 g/mol. The third kappa shape index (κ3) is 2.15. The molecule has 0 saturated carbocycles. The van der Waals surface area contributed by atoms with Gasteiger partial charge in [0.2, 0.25) is 0 Å². The molecule has 2 aromatic heterocycles. The summed E-state index contributed by atoms with van der Waals surface area (Å²) in [5.74, 6) is 0. The summed E-state index contributed by atoms with van der Waals surface area (Å²) in [5, 5.41) is 1.19. The lowest BCUT2D eigenvalue weighted by atomic mass is 10.2. The number of aromatic nitrogens is 2. The van der Waals surface area contributed by atoms with Crippen LogP contribution in [-0.2, 0) is 0 Å². The molecule has 0 unspecified atom stereocenters. The standard InChI is InChI=1S/C14H11Cl2N3/c1-8-4-14-18-13(7-19(14)6-12(8)17)10-3-2-9(15)5-11(10)16/h2-7H,17H2,1H3. The summed E-state index contributed by atoms with van der Waals surface area (Å²) in [7, 11) is 0. The number of benzene rings is 1. The molecular formula is C14H11Cl2N3. The molecule has 0 amide bonds. The van der Waals surface area contributed by atoms with Crippen molar-refractivity contribution in [3.05, 3.63) is 52.3 Å². The predicted octanol–water partition coefficient (Wildman–Crippen LogP) is 4.20. The van der Waals surface area contributed by atoms with E-state index in [4.69, 9.17) is 28.9 Å². The van der Waals surface area contributed by atoms with E-state index < -0.39 is 0 Å². The van der Waals surface area contributed by atoms with Gasteiger partial charge >= 0.3 is 0 Å². The minimum absolute atomic E-state index is 0.584. The Morgan fingerprint density at radius 3 is 2.68 bits per heavy atom. The molecule has 0 atom stereocenters. The van der Waals surface area contributed by atoms with Crippen LogP contribution in [0.5, 0.6) is 0 Å². The zero-order chi connectivity index (χ0) is 13.6. The van der Waals surface area contributed by atoms with E-state index in [2.05, 4.69) is 4.98 Å². The van der Waals surface area contributed by atoms with Crippen LogP contribution in [0.3, 0.4) is 0 Å². The molecule has 0 fully saturated rings. The zero-order valence-corrected chi connectivity index (χ0v) is 11.7. The van der Waals surface area contributed by atoms with Crippen LogP contribution in [0.15, 0.2) is 36.7 Å². The molecular weight excluding hydrogens is 281 g/mol. The molecule has 3 rings (SSSR count). The number of imidazole rings is 1. The fourth-order valence-corrected chi connectivity index (χ4v) is 2.48. The second-order valence-corrected chi connectivity index (χ2v) is 5.27. The molecule has 0 aliphatic rings. The molecule has 1 aromatic carbocycles. The summed E-state index contributed by atoms with van der Waals surface area (Å²) in [5.41, 5.74) is 10.1. The lowest BCUT2D eigenvalue weighted by molar-refractivity contribution is 1.18. The number of nitrogen functional groups attached to an aromatic ring is 1. The first-order valence-electron chi connectivity index (χ1n) is 5.75. The average molecular weight is 292 g/mol. The number of pyridine rings is 1. The minimum atomic E-state index is 0.584. The van der Waals surface area contributed by atoms with Crippen molar-refractivity contribution in [3.8, 4) is 11.3 Å². The number of hydrogen-bond donors (Lipinski definition) is 1. The molecule has 2 heterocycles. The van der Waals surface area contributed by atoms with Crippen molar-refractivity contribution in [2.75, 3.05) is 5.73 Å². The Bertz CT molecular complexity index is 739. The van der Waals surface area contributed by atoms with Gasteiger partial charge in [-0.25, -0.2) is 4.98 Å². The lowest BCUT2D eigenvalue weighted by Gasteiger charge is -2.00. The quantitative estimate of drug-likeness (QED) is 0.730. The second kappa shape index (κ2) is 4.44. The van der Waals surface area contributed by atoms with Gasteiger partial charge in [0.15, 0.2) is 0 Å². The molecule has 0 aliphatic heterocycles. The van der Waals surface area contributed by atoms with Crippen molar-refractivity contribution in [1.82, 2.24) is 9.38 Å². The Morgan fingerprint density at radius 1 is 1.16 bits per heavy atom. The highest BCUT2D eigenvalue weighted by molar-refractivity contribution is 6.36. The van der Waals surface area contributed by atoms with E-state index in [1.54, 1.807) is 12.1 Å². The number of hydrogen-bond acceptors (Lipinski definition) is 2. The molecule has 0 aliphatic carbocycles. The first-order chi connectivity index (χ1) is 9.04. The van der Waals surface area contributed by atoms with Crippen LogP contribution in [0.2, 0.25) is 10.0 Å². The molecule has 3 aromatic rings. The Morgan fingerprint density at radius 2 is 1.95 bits per heavy atom. The van der Waals surface area contributed by atoms with Crippen LogP contribution >= 0.6 is 23.2 Å². The topological polar surface area (TPSA) is 43.3 Å². The first kappa shape index (κ1) is 12.3. The number of anilines is 1. The second-order valence-electron chi connectivity index (χ2n) is 4.43. The number of aryl methyl sites for hydroxylation is 1. The molecule has 2 N–H and O–H groups in total. The van der Waals surface area contributed by atoms with Crippen molar-refractivity contribution in [2.45, 2.75) is 6.92 Å². The van der Waals surface area contributed by atoms with Gasteiger partial charge in [0, 0.05) is 23.0 Å². The van der Waals surface area contributed by atoms with Crippen molar-refractivity contribution < 1.29 is 0 Å². The molecule has 0 spiro atoms. The number of rotatable bonds is 1. The molecule has 19 heavy (non-hydrogen) atoms. The van der Waals surface area contributed by atoms with Crippen LogP contribution in [0.4, 0.5) is 5.69 Å². The number of nitrogens with two attached hydrogens (primary N) is 1. The van der Waals surface area contributed by atoms with E-state index in [1.165, 1.54) is 0 Å². The molecule has 0 bridgehead atoms. The van der Waals surface area contributed by atoms with Gasteiger partial charge in [-0.1, -0.05) is 23.2 Å². The Labute approximate surface area is 120 Å². The van der Waals surface area contributed by atoms with Gasteiger partial charge in [0.1, 0.15) is 5.65 Å². The van der Waals surface area contributed by atoms with E-state index in [1.807, 2.05) is 35.9 Å². The Hall–Kier alpha value is -1.71. The predicted molar refractivity (Wildman–Crippen MR) is 79.8 cm³/mol. The Balaban J connectivity index is 2.20. The van der Waals surface area contributed by atoms with Gasteiger partial charge in [-0.2, -0.15) is 0 Å². The fraction of sp³-hybridized carbons (Fsp3) is 0.0714. The van der Waals surface area contributed by atoms with Gasteiger partial charge < -0.3 is 10.1 Å². The maximum absolute atomic E-state index is 6.20. The minimum Gasteiger partial charge on any atom is -0.397 e. The van der Waals surface area contributed by atoms with Crippen molar-refractivity contribution >= 4 is 34.5 Å². The van der Waals surface area contributed by atoms with Gasteiger partial charge in [-0.15, -0.1) is 0 Å². The van der Waals surface area contributed by atoms with Crippen LogP contribution in [0.25, 0.3) is 16.9 Å². The van der Waals surface area contributed by atoms with E-state index in [9.17, 15) is 0 Å². The first-order valence-corrected chi connectivity index (χ1v) is 6.50. The molecule has 96 valence electrons. The van der Waals surface area contributed by atoms with Gasteiger partial charge in [-0.3, -0.25) is 0 Å². The van der Waals surface area contributed by atoms with Crippen LogP contribution in [0, 0.1) is 6.92 Å².